The monoisotopic (exact) mass is 317 g/mol. The predicted octanol–water partition coefficient (Wildman–Crippen LogP) is 0.447. The molecule has 2 heterocycles. The number of piperazine rings is 1. The van der Waals surface area contributed by atoms with Gasteiger partial charge in [-0.3, -0.25) is 9.69 Å². The summed E-state index contributed by atoms with van der Waals surface area (Å²) in [5.74, 6) is 1.80. The van der Waals surface area contributed by atoms with Gasteiger partial charge in [0.25, 0.3) is 0 Å². The van der Waals surface area contributed by atoms with Crippen LogP contribution in [0.5, 0.6) is 0 Å². The molecular formula is C17H27N5O. The van der Waals surface area contributed by atoms with Crippen LogP contribution in [0.15, 0.2) is 24.4 Å². The molecule has 2 aliphatic rings. The maximum atomic E-state index is 12.1. The molecule has 1 saturated carbocycles. The molecule has 0 aromatic carbocycles. The molecule has 1 aliphatic heterocycles. The van der Waals surface area contributed by atoms with E-state index in [1.807, 2.05) is 24.4 Å². The SMILES string of the molecule is NCC(NC(=O)CCN1CCN(c2ccccn2)CC1)C1CC1. The van der Waals surface area contributed by atoms with E-state index >= 15 is 0 Å². The molecular weight excluding hydrogens is 290 g/mol. The van der Waals surface area contributed by atoms with Gasteiger partial charge < -0.3 is 16.0 Å². The lowest BCUT2D eigenvalue weighted by Crippen LogP contribution is -2.48. The lowest BCUT2D eigenvalue weighted by atomic mass is 10.2. The van der Waals surface area contributed by atoms with E-state index in [0.717, 1.165) is 38.5 Å². The number of carbonyl (C=O) groups excluding carboxylic acids is 1. The molecule has 2 fully saturated rings. The lowest BCUT2D eigenvalue weighted by molar-refractivity contribution is -0.122. The molecule has 6 heteroatoms. The average Bonchev–Trinajstić information content (AvgIpc) is 3.44. The molecule has 126 valence electrons. The number of amides is 1. The molecule has 0 bridgehead atoms. The number of pyridine rings is 1. The van der Waals surface area contributed by atoms with Crippen LogP contribution < -0.4 is 16.0 Å². The Morgan fingerprint density at radius 1 is 1.30 bits per heavy atom. The van der Waals surface area contributed by atoms with Crippen LogP contribution in [0.1, 0.15) is 19.3 Å². The highest BCUT2D eigenvalue weighted by atomic mass is 16.1. The molecule has 3 rings (SSSR count). The number of nitrogens with zero attached hydrogens (tertiary/aromatic N) is 3. The fourth-order valence-corrected chi connectivity index (χ4v) is 3.15. The van der Waals surface area contributed by atoms with Crippen molar-refractivity contribution in [2.45, 2.75) is 25.3 Å². The Morgan fingerprint density at radius 3 is 2.70 bits per heavy atom. The largest absolute Gasteiger partial charge is 0.354 e. The van der Waals surface area contributed by atoms with Gasteiger partial charge in [-0.2, -0.15) is 0 Å². The van der Waals surface area contributed by atoms with Crippen molar-refractivity contribution in [1.82, 2.24) is 15.2 Å². The van der Waals surface area contributed by atoms with Gasteiger partial charge in [-0.25, -0.2) is 4.98 Å². The topological polar surface area (TPSA) is 74.5 Å². The molecule has 1 atom stereocenters. The maximum Gasteiger partial charge on any atom is 0.221 e. The zero-order valence-corrected chi connectivity index (χ0v) is 13.7. The summed E-state index contributed by atoms with van der Waals surface area (Å²) in [5.41, 5.74) is 5.73. The number of rotatable bonds is 7. The smallest absolute Gasteiger partial charge is 0.221 e. The van der Waals surface area contributed by atoms with Crippen LogP contribution in [0.3, 0.4) is 0 Å². The fraction of sp³-hybridized carbons (Fsp3) is 0.647. The first-order chi connectivity index (χ1) is 11.3. The minimum Gasteiger partial charge on any atom is -0.354 e. The normalized spacial score (nSPS) is 20.3. The van der Waals surface area contributed by atoms with Crippen LogP contribution in [0.4, 0.5) is 5.82 Å². The zero-order valence-electron chi connectivity index (χ0n) is 13.7. The van der Waals surface area contributed by atoms with Crippen LogP contribution in [-0.2, 0) is 4.79 Å². The summed E-state index contributed by atoms with van der Waals surface area (Å²) in [4.78, 5) is 21.1. The predicted molar refractivity (Wildman–Crippen MR) is 91.2 cm³/mol. The van der Waals surface area contributed by atoms with Crippen LogP contribution in [0.2, 0.25) is 0 Å². The lowest BCUT2D eigenvalue weighted by Gasteiger charge is -2.35. The third-order valence-electron chi connectivity index (χ3n) is 4.79. The van der Waals surface area contributed by atoms with Crippen molar-refractivity contribution in [3.05, 3.63) is 24.4 Å². The highest BCUT2D eigenvalue weighted by Gasteiger charge is 2.31. The number of hydrogen-bond donors (Lipinski definition) is 2. The van der Waals surface area contributed by atoms with Gasteiger partial charge in [0.2, 0.25) is 5.91 Å². The van der Waals surface area contributed by atoms with E-state index in [1.54, 1.807) is 0 Å². The highest BCUT2D eigenvalue weighted by molar-refractivity contribution is 5.76. The minimum absolute atomic E-state index is 0.138. The van der Waals surface area contributed by atoms with Crippen molar-refractivity contribution < 1.29 is 4.79 Å². The summed E-state index contributed by atoms with van der Waals surface area (Å²) in [5, 5.41) is 3.09. The molecule has 1 aromatic heterocycles. The van der Waals surface area contributed by atoms with E-state index in [2.05, 4.69) is 20.1 Å². The molecule has 1 amide bonds. The van der Waals surface area contributed by atoms with Crippen molar-refractivity contribution in [3.63, 3.8) is 0 Å². The summed E-state index contributed by atoms with van der Waals surface area (Å²) in [6.07, 6.45) is 4.81. The average molecular weight is 317 g/mol. The van der Waals surface area contributed by atoms with Gasteiger partial charge >= 0.3 is 0 Å². The maximum absolute atomic E-state index is 12.1. The Labute approximate surface area is 138 Å². The van der Waals surface area contributed by atoms with E-state index in [9.17, 15) is 4.79 Å². The Morgan fingerprint density at radius 2 is 2.09 bits per heavy atom. The molecule has 1 aromatic rings. The van der Waals surface area contributed by atoms with Crippen molar-refractivity contribution in [3.8, 4) is 0 Å². The first-order valence-corrected chi connectivity index (χ1v) is 8.64. The Hall–Kier alpha value is -1.66. The first-order valence-electron chi connectivity index (χ1n) is 8.64. The van der Waals surface area contributed by atoms with Crippen LogP contribution in [-0.4, -0.2) is 61.1 Å². The Kier molecular flexibility index (Phi) is 5.46. The Balaban J connectivity index is 1.36. The van der Waals surface area contributed by atoms with Crippen molar-refractivity contribution in [2.24, 2.45) is 11.7 Å². The van der Waals surface area contributed by atoms with Crippen LogP contribution >= 0.6 is 0 Å². The standard InChI is InChI=1S/C17H27N5O/c18-13-15(14-4-5-14)20-17(23)6-8-21-9-11-22(12-10-21)16-3-1-2-7-19-16/h1-3,7,14-15H,4-6,8-13,18H2,(H,20,23). The summed E-state index contributed by atoms with van der Waals surface area (Å²) in [7, 11) is 0. The molecule has 0 radical (unpaired) electrons. The van der Waals surface area contributed by atoms with Gasteiger partial charge in [-0.05, 0) is 30.9 Å². The summed E-state index contributed by atoms with van der Waals surface area (Å²) < 4.78 is 0. The van der Waals surface area contributed by atoms with Gasteiger partial charge in [-0.1, -0.05) is 6.07 Å². The van der Waals surface area contributed by atoms with Crippen LogP contribution in [0, 0.1) is 5.92 Å². The quantitative estimate of drug-likeness (QED) is 0.764. The number of nitrogens with one attached hydrogen (secondary N) is 1. The summed E-state index contributed by atoms with van der Waals surface area (Å²) >= 11 is 0. The second kappa shape index (κ2) is 7.75. The fourth-order valence-electron chi connectivity index (χ4n) is 3.15. The van der Waals surface area contributed by atoms with Gasteiger partial charge in [0, 0.05) is 57.9 Å². The Bertz CT molecular complexity index is 497. The second-order valence-corrected chi connectivity index (χ2v) is 6.51. The summed E-state index contributed by atoms with van der Waals surface area (Å²) in [6.45, 7) is 5.26. The molecule has 1 aliphatic carbocycles. The van der Waals surface area contributed by atoms with E-state index < -0.39 is 0 Å². The van der Waals surface area contributed by atoms with Crippen molar-refractivity contribution in [2.75, 3.05) is 44.2 Å². The van der Waals surface area contributed by atoms with Gasteiger partial charge in [0.05, 0.1) is 0 Å². The molecule has 0 spiro atoms. The second-order valence-electron chi connectivity index (χ2n) is 6.51. The van der Waals surface area contributed by atoms with E-state index in [4.69, 9.17) is 5.73 Å². The number of hydrogen-bond acceptors (Lipinski definition) is 5. The number of aromatic nitrogens is 1. The number of nitrogens with two attached hydrogens (primary N) is 1. The van der Waals surface area contributed by atoms with Crippen molar-refractivity contribution in [1.29, 1.82) is 0 Å². The van der Waals surface area contributed by atoms with Gasteiger partial charge in [0.15, 0.2) is 0 Å². The van der Waals surface area contributed by atoms with Gasteiger partial charge in [-0.15, -0.1) is 0 Å². The zero-order chi connectivity index (χ0) is 16.1. The molecule has 6 nitrogen and oxygen atoms in total. The number of carbonyl (C=O) groups is 1. The van der Waals surface area contributed by atoms with E-state index in [0.29, 0.717) is 18.9 Å². The third-order valence-corrected chi connectivity index (χ3v) is 4.79. The number of anilines is 1. The van der Waals surface area contributed by atoms with Crippen LogP contribution in [0.25, 0.3) is 0 Å². The first kappa shape index (κ1) is 16.2. The third kappa shape index (κ3) is 4.65. The van der Waals surface area contributed by atoms with Crippen molar-refractivity contribution >= 4 is 11.7 Å². The molecule has 1 unspecified atom stereocenters. The summed E-state index contributed by atoms with van der Waals surface area (Å²) in [6, 6.07) is 6.19. The van der Waals surface area contributed by atoms with Gasteiger partial charge in [0.1, 0.15) is 5.82 Å². The van der Waals surface area contributed by atoms with E-state index in [-0.39, 0.29) is 11.9 Å². The van der Waals surface area contributed by atoms with E-state index in [1.165, 1.54) is 12.8 Å². The molecule has 1 saturated heterocycles. The highest BCUT2D eigenvalue weighted by Crippen LogP contribution is 2.32. The molecule has 3 N–H and O–H groups in total. The molecule has 23 heavy (non-hydrogen) atoms. The minimum atomic E-state index is 0.138.